The van der Waals surface area contributed by atoms with E-state index in [9.17, 15) is 4.79 Å². The Bertz CT molecular complexity index is 1010. The molecule has 0 aliphatic heterocycles. The Kier molecular flexibility index (Phi) is 8.27. The maximum Gasteiger partial charge on any atom is 0.338 e. The van der Waals surface area contributed by atoms with Gasteiger partial charge in [0.2, 0.25) is 0 Å². The summed E-state index contributed by atoms with van der Waals surface area (Å²) < 4.78 is 18.1. The molecule has 0 atom stereocenters. The first-order valence-corrected chi connectivity index (χ1v) is 10.3. The number of nitrogens with zero attached hydrogens (tertiary/aromatic N) is 2. The monoisotopic (exact) mass is 440 g/mol. The number of hydrogen-bond donors (Lipinski definition) is 0. The summed E-state index contributed by atoms with van der Waals surface area (Å²) in [7, 11) is 1.64. The van der Waals surface area contributed by atoms with Crippen molar-refractivity contribution in [3.05, 3.63) is 88.5 Å². The second-order valence-corrected chi connectivity index (χ2v) is 7.24. The highest BCUT2D eigenvalue weighted by atomic mass is 35.5. The Morgan fingerprint density at radius 1 is 1.19 bits per heavy atom. The number of halogens is 1. The fourth-order valence-corrected chi connectivity index (χ4v) is 3.21. The van der Waals surface area contributed by atoms with Crippen LogP contribution in [-0.4, -0.2) is 35.8 Å². The van der Waals surface area contributed by atoms with Gasteiger partial charge in [-0.25, -0.2) is 9.78 Å². The van der Waals surface area contributed by atoms with Crippen LogP contribution >= 0.6 is 11.6 Å². The Balaban J connectivity index is 1.73. The van der Waals surface area contributed by atoms with Gasteiger partial charge in [-0.1, -0.05) is 35.9 Å². The van der Waals surface area contributed by atoms with Gasteiger partial charge < -0.3 is 18.8 Å². The van der Waals surface area contributed by atoms with Crippen molar-refractivity contribution in [3.8, 4) is 5.75 Å². The molecule has 0 saturated heterocycles. The number of hydrogen-bond acceptors (Lipinski definition) is 5. The van der Waals surface area contributed by atoms with E-state index in [0.29, 0.717) is 37.0 Å². The van der Waals surface area contributed by atoms with Gasteiger partial charge in [0.05, 0.1) is 38.8 Å². The lowest BCUT2D eigenvalue weighted by atomic mass is 10.1. The average molecular weight is 441 g/mol. The lowest BCUT2D eigenvalue weighted by Gasteiger charge is -2.12. The predicted octanol–water partition coefficient (Wildman–Crippen LogP) is 5.02. The number of rotatable bonds is 10. The molecule has 2 aromatic carbocycles. The van der Waals surface area contributed by atoms with E-state index >= 15 is 0 Å². The highest BCUT2D eigenvalue weighted by Crippen LogP contribution is 2.22. The number of carbonyl (C=O) groups is 1. The van der Waals surface area contributed by atoms with E-state index in [4.69, 9.17) is 25.8 Å². The van der Waals surface area contributed by atoms with Crippen molar-refractivity contribution in [1.82, 2.24) is 9.55 Å². The maximum atomic E-state index is 11.9. The zero-order valence-corrected chi connectivity index (χ0v) is 18.3. The summed E-state index contributed by atoms with van der Waals surface area (Å²) in [6, 6.07) is 12.9. The molecule has 0 unspecified atom stereocenters. The molecule has 1 aromatic heterocycles. The average Bonchev–Trinajstić information content (AvgIpc) is 3.28. The van der Waals surface area contributed by atoms with Crippen LogP contribution in [0.5, 0.6) is 5.75 Å². The summed E-state index contributed by atoms with van der Waals surface area (Å²) in [6.07, 6.45) is 7.35. The topological polar surface area (TPSA) is 62.6 Å². The molecule has 0 aliphatic rings. The van der Waals surface area contributed by atoms with Gasteiger partial charge in [0.15, 0.2) is 0 Å². The molecule has 0 bridgehead atoms. The van der Waals surface area contributed by atoms with Crippen molar-refractivity contribution < 1.29 is 19.0 Å². The number of esters is 1. The van der Waals surface area contributed by atoms with Crippen molar-refractivity contribution in [2.24, 2.45) is 0 Å². The normalized spacial score (nSPS) is 11.4. The number of aromatic nitrogens is 2. The highest BCUT2D eigenvalue weighted by molar-refractivity contribution is 6.32. The quantitative estimate of drug-likeness (QED) is 0.414. The summed E-state index contributed by atoms with van der Waals surface area (Å²) in [4.78, 5) is 16.0. The van der Waals surface area contributed by atoms with Crippen LogP contribution in [0, 0.1) is 0 Å². The standard InChI is InChI=1S/C24H25ClN2O4/c1-3-31-24(28)21-7-6-20(23(25)13-21)12-19(14-27-11-10-26-17-27)16-30-15-18-4-8-22(29-2)9-5-18/h4-13,17H,3,14-16H2,1-2H3/b19-12+. The molecule has 0 amide bonds. The lowest BCUT2D eigenvalue weighted by molar-refractivity contribution is 0.0526. The molecule has 0 saturated carbocycles. The first-order chi connectivity index (χ1) is 15.1. The van der Waals surface area contributed by atoms with Gasteiger partial charge >= 0.3 is 5.97 Å². The first kappa shape index (κ1) is 22.6. The minimum Gasteiger partial charge on any atom is -0.497 e. The Morgan fingerprint density at radius 2 is 2.00 bits per heavy atom. The van der Waals surface area contributed by atoms with Gasteiger partial charge in [-0.2, -0.15) is 0 Å². The molecule has 0 spiro atoms. The minimum atomic E-state index is -0.388. The Morgan fingerprint density at radius 3 is 2.65 bits per heavy atom. The zero-order chi connectivity index (χ0) is 22.1. The third-order valence-corrected chi connectivity index (χ3v) is 4.86. The Hall–Kier alpha value is -3.09. The van der Waals surface area contributed by atoms with Crippen molar-refractivity contribution in [3.63, 3.8) is 0 Å². The van der Waals surface area contributed by atoms with Gasteiger partial charge in [-0.3, -0.25) is 0 Å². The predicted molar refractivity (Wildman–Crippen MR) is 120 cm³/mol. The fraction of sp³-hybridized carbons (Fsp3) is 0.250. The molecule has 0 N–H and O–H groups in total. The molecule has 1 heterocycles. The van der Waals surface area contributed by atoms with Crippen molar-refractivity contribution in [2.75, 3.05) is 20.3 Å². The van der Waals surface area contributed by atoms with Gasteiger partial charge in [0.25, 0.3) is 0 Å². The van der Waals surface area contributed by atoms with Crippen LogP contribution in [0.1, 0.15) is 28.4 Å². The fourth-order valence-electron chi connectivity index (χ4n) is 2.97. The first-order valence-electron chi connectivity index (χ1n) is 9.91. The third kappa shape index (κ3) is 6.70. The Labute approximate surface area is 187 Å². The number of methoxy groups -OCH3 is 1. The molecule has 3 aromatic rings. The summed E-state index contributed by atoms with van der Waals surface area (Å²) in [5.41, 5.74) is 3.30. The molecule has 7 heteroatoms. The van der Waals surface area contributed by atoms with Crippen LogP contribution in [0.2, 0.25) is 5.02 Å². The summed E-state index contributed by atoms with van der Waals surface area (Å²) >= 11 is 6.43. The van der Waals surface area contributed by atoms with E-state index in [1.54, 1.807) is 38.7 Å². The zero-order valence-electron chi connectivity index (χ0n) is 17.6. The van der Waals surface area contributed by atoms with Crippen LogP contribution < -0.4 is 4.74 Å². The van der Waals surface area contributed by atoms with Gasteiger partial charge in [-0.05, 0) is 47.9 Å². The van der Waals surface area contributed by atoms with Crippen LogP contribution in [0.25, 0.3) is 6.08 Å². The van der Waals surface area contributed by atoms with E-state index in [1.807, 2.05) is 47.2 Å². The molecule has 3 rings (SSSR count). The van der Waals surface area contributed by atoms with E-state index in [1.165, 1.54) is 0 Å². The number of benzene rings is 2. The van der Waals surface area contributed by atoms with E-state index < -0.39 is 0 Å². The number of imidazole rings is 1. The molecular weight excluding hydrogens is 416 g/mol. The number of carbonyl (C=O) groups excluding carboxylic acids is 1. The van der Waals surface area contributed by atoms with Crippen LogP contribution in [0.15, 0.2) is 66.8 Å². The summed E-state index contributed by atoms with van der Waals surface area (Å²) in [5.74, 6) is 0.423. The van der Waals surface area contributed by atoms with Crippen molar-refractivity contribution in [1.29, 1.82) is 0 Å². The van der Waals surface area contributed by atoms with Crippen LogP contribution in [-0.2, 0) is 22.6 Å². The maximum absolute atomic E-state index is 11.9. The molecule has 6 nitrogen and oxygen atoms in total. The van der Waals surface area contributed by atoms with Crippen molar-refractivity contribution in [2.45, 2.75) is 20.1 Å². The molecule has 31 heavy (non-hydrogen) atoms. The SMILES string of the molecule is CCOC(=O)c1ccc(/C=C(/COCc2ccc(OC)cc2)Cn2ccnc2)c(Cl)c1. The summed E-state index contributed by atoms with van der Waals surface area (Å²) in [5, 5.41) is 0.476. The molecule has 0 aliphatic carbocycles. The minimum absolute atomic E-state index is 0.318. The molecule has 0 fully saturated rings. The van der Waals surface area contributed by atoms with Crippen LogP contribution in [0.4, 0.5) is 0 Å². The highest BCUT2D eigenvalue weighted by Gasteiger charge is 2.10. The second-order valence-electron chi connectivity index (χ2n) is 6.84. The summed E-state index contributed by atoms with van der Waals surface area (Å²) in [6.45, 7) is 3.59. The van der Waals surface area contributed by atoms with Gasteiger partial charge in [0.1, 0.15) is 5.75 Å². The largest absolute Gasteiger partial charge is 0.497 e. The number of ether oxygens (including phenoxy) is 3. The molecule has 162 valence electrons. The molecule has 0 radical (unpaired) electrons. The van der Waals surface area contributed by atoms with E-state index in [0.717, 1.165) is 22.4 Å². The van der Waals surface area contributed by atoms with Gasteiger partial charge in [-0.15, -0.1) is 0 Å². The second kappa shape index (κ2) is 11.3. The van der Waals surface area contributed by atoms with E-state index in [-0.39, 0.29) is 5.97 Å². The van der Waals surface area contributed by atoms with E-state index in [2.05, 4.69) is 4.98 Å². The van der Waals surface area contributed by atoms with Gasteiger partial charge in [0, 0.05) is 24.0 Å². The lowest BCUT2D eigenvalue weighted by Crippen LogP contribution is -2.07. The van der Waals surface area contributed by atoms with Crippen molar-refractivity contribution >= 4 is 23.6 Å². The smallest absolute Gasteiger partial charge is 0.338 e. The van der Waals surface area contributed by atoms with Crippen LogP contribution in [0.3, 0.4) is 0 Å². The third-order valence-electron chi connectivity index (χ3n) is 4.53. The molecular formula is C24H25ClN2O4.